The van der Waals surface area contributed by atoms with Gasteiger partial charge in [-0.3, -0.25) is 9.59 Å². The number of pyridine rings is 1. The van der Waals surface area contributed by atoms with Crippen LogP contribution < -0.4 is 10.3 Å². The number of carbonyl (C=O) groups is 1. The van der Waals surface area contributed by atoms with E-state index >= 15 is 0 Å². The molecule has 6 nitrogen and oxygen atoms in total. The van der Waals surface area contributed by atoms with Crippen LogP contribution in [0.3, 0.4) is 0 Å². The molecule has 1 aromatic heterocycles. The van der Waals surface area contributed by atoms with E-state index < -0.39 is 0 Å². The molecule has 2 heterocycles. The van der Waals surface area contributed by atoms with Crippen molar-refractivity contribution in [2.45, 2.75) is 51.6 Å². The quantitative estimate of drug-likeness (QED) is 0.683. The molecule has 0 N–H and O–H groups in total. The van der Waals surface area contributed by atoms with Gasteiger partial charge in [-0.1, -0.05) is 24.0 Å². The molecule has 1 aliphatic heterocycles. The Balaban J connectivity index is 1.44. The summed E-state index contributed by atoms with van der Waals surface area (Å²) in [5.74, 6) is 7.17. The summed E-state index contributed by atoms with van der Waals surface area (Å²) in [4.78, 5) is 26.8. The Morgan fingerprint density at radius 3 is 2.62 bits per heavy atom. The third kappa shape index (κ3) is 4.86. The first kappa shape index (κ1) is 21.7. The Hall–Kier alpha value is -3.51. The molecule has 1 saturated heterocycles. The Kier molecular flexibility index (Phi) is 6.32. The number of likely N-dealkylation sites (tertiary alicyclic amines) is 1. The zero-order chi connectivity index (χ0) is 22.7. The summed E-state index contributed by atoms with van der Waals surface area (Å²) in [5, 5.41) is 9.15. The molecule has 1 amide bonds. The second-order valence-electron chi connectivity index (χ2n) is 8.55. The maximum atomic E-state index is 12.8. The van der Waals surface area contributed by atoms with Gasteiger partial charge < -0.3 is 14.2 Å². The molecular weight excluding hydrogens is 402 g/mol. The van der Waals surface area contributed by atoms with Crippen molar-refractivity contribution in [3.8, 4) is 23.7 Å². The first-order valence-corrected chi connectivity index (χ1v) is 11.1. The van der Waals surface area contributed by atoms with Gasteiger partial charge in [0.1, 0.15) is 11.8 Å². The second-order valence-corrected chi connectivity index (χ2v) is 8.55. The summed E-state index contributed by atoms with van der Waals surface area (Å²) in [5.41, 5.74) is 2.57. The number of aromatic nitrogens is 1. The monoisotopic (exact) mass is 429 g/mol. The maximum Gasteiger partial charge on any atom is 0.261 e. The molecule has 6 heteroatoms. The van der Waals surface area contributed by atoms with E-state index in [1.165, 1.54) is 18.9 Å². The van der Waals surface area contributed by atoms with Gasteiger partial charge in [-0.25, -0.2) is 0 Å². The van der Waals surface area contributed by atoms with E-state index in [1.54, 1.807) is 15.5 Å². The number of ether oxygens (including phenoxy) is 1. The summed E-state index contributed by atoms with van der Waals surface area (Å²) >= 11 is 0. The van der Waals surface area contributed by atoms with E-state index in [1.807, 2.05) is 38.1 Å². The molecule has 1 aromatic carbocycles. The van der Waals surface area contributed by atoms with E-state index in [2.05, 4.69) is 17.9 Å². The molecule has 164 valence electrons. The van der Waals surface area contributed by atoms with Gasteiger partial charge in [-0.2, -0.15) is 5.26 Å². The number of carbonyl (C=O) groups excluding carboxylic acids is 1. The van der Waals surface area contributed by atoms with Crippen molar-refractivity contribution in [1.29, 1.82) is 5.26 Å². The van der Waals surface area contributed by atoms with E-state index in [0.29, 0.717) is 24.6 Å². The molecule has 2 atom stereocenters. The largest absolute Gasteiger partial charge is 0.484 e. The Morgan fingerprint density at radius 1 is 1.22 bits per heavy atom. The number of hydrogen-bond donors (Lipinski definition) is 0. The van der Waals surface area contributed by atoms with Crippen LogP contribution in [-0.2, 0) is 4.79 Å². The number of rotatable bonds is 5. The lowest BCUT2D eigenvalue weighted by Gasteiger charge is -2.21. The number of nitriles is 1. The third-order valence-corrected chi connectivity index (χ3v) is 6.10. The van der Waals surface area contributed by atoms with Crippen LogP contribution in [-0.4, -0.2) is 34.6 Å². The van der Waals surface area contributed by atoms with Crippen LogP contribution in [0.4, 0.5) is 0 Å². The number of nitrogens with zero attached hydrogens (tertiary/aromatic N) is 3. The van der Waals surface area contributed by atoms with Gasteiger partial charge in [0, 0.05) is 29.8 Å². The van der Waals surface area contributed by atoms with Gasteiger partial charge in [0.05, 0.1) is 12.1 Å². The molecule has 2 aliphatic rings. The lowest BCUT2D eigenvalue weighted by atomic mass is 10.1. The Morgan fingerprint density at radius 2 is 1.97 bits per heavy atom. The molecule has 0 bridgehead atoms. The summed E-state index contributed by atoms with van der Waals surface area (Å²) in [6, 6.07) is 12.8. The highest BCUT2D eigenvalue weighted by atomic mass is 16.5. The van der Waals surface area contributed by atoms with Crippen molar-refractivity contribution in [1.82, 2.24) is 9.47 Å². The fraction of sp³-hybridized carbons (Fsp3) is 0.423. The molecule has 1 aliphatic carbocycles. The van der Waals surface area contributed by atoms with Crippen LogP contribution in [0.1, 0.15) is 55.5 Å². The van der Waals surface area contributed by atoms with Crippen molar-refractivity contribution in [2.24, 2.45) is 5.92 Å². The minimum atomic E-state index is -0.382. The Labute approximate surface area is 188 Å². The number of hydrogen-bond acceptors (Lipinski definition) is 4. The summed E-state index contributed by atoms with van der Waals surface area (Å²) in [6.07, 6.45) is 3.93. The average molecular weight is 430 g/mol. The zero-order valence-corrected chi connectivity index (χ0v) is 18.5. The van der Waals surface area contributed by atoms with Crippen molar-refractivity contribution >= 4 is 5.91 Å². The van der Waals surface area contributed by atoms with E-state index in [9.17, 15) is 9.59 Å². The summed E-state index contributed by atoms with van der Waals surface area (Å²) < 4.78 is 7.33. The van der Waals surface area contributed by atoms with E-state index in [4.69, 9.17) is 10.00 Å². The fourth-order valence-corrected chi connectivity index (χ4v) is 4.10. The lowest BCUT2D eigenvalue weighted by Crippen LogP contribution is -2.38. The first-order chi connectivity index (χ1) is 15.5. The number of aryl methyl sites for hydroxylation is 1. The van der Waals surface area contributed by atoms with Crippen LogP contribution >= 0.6 is 0 Å². The normalized spacial score (nSPS) is 18.4. The smallest absolute Gasteiger partial charge is 0.261 e. The highest BCUT2D eigenvalue weighted by Gasteiger charge is 2.28. The minimum Gasteiger partial charge on any atom is -0.484 e. The molecule has 0 unspecified atom stereocenters. The molecule has 1 saturated carbocycles. The number of amides is 1. The topological polar surface area (TPSA) is 75.3 Å². The first-order valence-electron chi connectivity index (χ1n) is 11.1. The van der Waals surface area contributed by atoms with E-state index in [-0.39, 0.29) is 30.2 Å². The third-order valence-electron chi connectivity index (χ3n) is 6.10. The van der Waals surface area contributed by atoms with Crippen LogP contribution in [0.25, 0.3) is 0 Å². The van der Waals surface area contributed by atoms with Gasteiger partial charge in [0.2, 0.25) is 0 Å². The predicted octanol–water partition coefficient (Wildman–Crippen LogP) is 3.42. The van der Waals surface area contributed by atoms with Crippen LogP contribution in [0.5, 0.6) is 5.75 Å². The average Bonchev–Trinajstić information content (AvgIpc) is 3.49. The molecule has 2 fully saturated rings. The van der Waals surface area contributed by atoms with Gasteiger partial charge in [-0.15, -0.1) is 0 Å². The van der Waals surface area contributed by atoms with Gasteiger partial charge >= 0.3 is 0 Å². The lowest BCUT2D eigenvalue weighted by molar-refractivity contribution is -0.133. The van der Waals surface area contributed by atoms with Gasteiger partial charge in [-0.05, 0) is 63.3 Å². The maximum absolute atomic E-state index is 12.8. The molecular formula is C26H27N3O3. The molecule has 2 aromatic rings. The molecule has 32 heavy (non-hydrogen) atoms. The van der Waals surface area contributed by atoms with E-state index in [0.717, 1.165) is 23.2 Å². The second kappa shape index (κ2) is 9.32. The van der Waals surface area contributed by atoms with Crippen LogP contribution in [0, 0.1) is 36.0 Å². The summed E-state index contributed by atoms with van der Waals surface area (Å²) in [6.45, 7) is 4.23. The van der Waals surface area contributed by atoms with Gasteiger partial charge in [0.15, 0.2) is 6.61 Å². The highest BCUT2D eigenvalue weighted by molar-refractivity contribution is 5.78. The van der Waals surface area contributed by atoms with Crippen molar-refractivity contribution in [3.63, 3.8) is 0 Å². The molecule has 0 radical (unpaired) electrons. The van der Waals surface area contributed by atoms with Crippen LogP contribution in [0.15, 0.2) is 41.2 Å². The van der Waals surface area contributed by atoms with Crippen molar-refractivity contribution in [3.05, 3.63) is 63.6 Å². The zero-order valence-electron chi connectivity index (χ0n) is 18.5. The van der Waals surface area contributed by atoms with Gasteiger partial charge in [0.25, 0.3) is 11.5 Å². The molecule has 4 rings (SSSR count). The fourth-order valence-electron chi connectivity index (χ4n) is 4.10. The SMILES string of the molecule is Cc1cc(OCC(=O)N2CCC[C@@H]2C#N)cc(=O)n1[C@H](C)c1ccc(C#CC2CC2)cc1. The summed E-state index contributed by atoms with van der Waals surface area (Å²) in [7, 11) is 0. The number of benzene rings is 1. The Bertz CT molecular complexity index is 1160. The van der Waals surface area contributed by atoms with Crippen LogP contribution in [0.2, 0.25) is 0 Å². The van der Waals surface area contributed by atoms with Crippen molar-refractivity contribution in [2.75, 3.05) is 13.2 Å². The standard InChI is InChI=1S/C26H27N3O3/c1-18-14-24(32-17-26(31)28-13-3-4-23(28)16-27)15-25(30)29(18)19(2)22-11-9-21(10-12-22)8-7-20-5-6-20/h9-12,14-15,19-20,23H,3-6,13,17H2,1-2H3/t19-,23-/m1/s1. The highest BCUT2D eigenvalue weighted by Crippen LogP contribution is 2.27. The van der Waals surface area contributed by atoms with Crippen molar-refractivity contribution < 1.29 is 9.53 Å². The predicted molar refractivity (Wildman–Crippen MR) is 121 cm³/mol. The molecule has 0 spiro atoms. The minimum absolute atomic E-state index is 0.149.